The average Bonchev–Trinajstić information content (AvgIpc) is 3.29. The number of hydrogen-bond acceptors (Lipinski definition) is 6. The first-order valence-corrected chi connectivity index (χ1v) is 14.0. The predicted octanol–water partition coefficient (Wildman–Crippen LogP) is 6.08. The van der Waals surface area contributed by atoms with Gasteiger partial charge in [0.2, 0.25) is 5.91 Å². The summed E-state index contributed by atoms with van der Waals surface area (Å²) in [6.45, 7) is 11.8. The van der Waals surface area contributed by atoms with Crippen molar-refractivity contribution >= 4 is 28.7 Å². The molecule has 0 saturated heterocycles. The summed E-state index contributed by atoms with van der Waals surface area (Å²) in [7, 11) is 0. The van der Waals surface area contributed by atoms with Crippen molar-refractivity contribution in [3.63, 3.8) is 0 Å². The maximum atomic E-state index is 13.9. The number of ether oxygens (including phenoxy) is 1. The van der Waals surface area contributed by atoms with Gasteiger partial charge in [-0.05, 0) is 61.9 Å². The van der Waals surface area contributed by atoms with Crippen LogP contribution in [0.25, 0.3) is 0 Å². The molecule has 1 atom stereocenters. The van der Waals surface area contributed by atoms with Crippen molar-refractivity contribution in [2.24, 2.45) is 10.9 Å². The van der Waals surface area contributed by atoms with E-state index in [4.69, 9.17) is 9.73 Å². The summed E-state index contributed by atoms with van der Waals surface area (Å²) in [5, 5.41) is 5.76. The van der Waals surface area contributed by atoms with Crippen molar-refractivity contribution in [3.05, 3.63) is 82.5 Å². The normalized spacial score (nSPS) is 16.7. The molecule has 2 aromatic carbocycles. The van der Waals surface area contributed by atoms with Crippen LogP contribution in [0.4, 0.5) is 0 Å². The molecule has 0 saturated carbocycles. The number of amidine groups is 1. The van der Waals surface area contributed by atoms with Crippen LogP contribution < -0.4 is 10.1 Å². The summed E-state index contributed by atoms with van der Waals surface area (Å²) >= 11 is 1.49. The second kappa shape index (κ2) is 12.3. The average molecular weight is 533 g/mol. The standard InChI is InChI=1S/C30H36N4O3S/c1-6-33(7-2)29(36)27-21(5)32-30-34(23(19-38-30)17-26(35)31-18-20(3)4)28(27)22-12-11-15-25(16-22)37-24-13-9-8-10-14-24/h8-16,19-20,28H,6-7,17-18H2,1-5H3,(H,31,35)/t28-/m1/s1. The molecule has 2 aliphatic rings. The van der Waals surface area contributed by atoms with Gasteiger partial charge < -0.3 is 19.9 Å². The second-order valence-corrected chi connectivity index (χ2v) is 10.6. The van der Waals surface area contributed by atoms with Gasteiger partial charge in [-0.25, -0.2) is 4.99 Å². The van der Waals surface area contributed by atoms with Gasteiger partial charge in [-0.3, -0.25) is 9.59 Å². The van der Waals surface area contributed by atoms with Gasteiger partial charge in [-0.1, -0.05) is 55.9 Å². The van der Waals surface area contributed by atoms with Crippen LogP contribution >= 0.6 is 11.8 Å². The van der Waals surface area contributed by atoms with Gasteiger partial charge in [0.05, 0.1) is 23.7 Å². The highest BCUT2D eigenvalue weighted by atomic mass is 32.2. The third-order valence-electron chi connectivity index (χ3n) is 6.48. The van der Waals surface area contributed by atoms with Crippen LogP contribution in [-0.4, -0.2) is 46.4 Å². The zero-order valence-corrected chi connectivity index (χ0v) is 23.5. The molecule has 2 heterocycles. The molecule has 0 spiro atoms. The maximum Gasteiger partial charge on any atom is 0.254 e. The number of aliphatic imine (C=N–C) groups is 1. The van der Waals surface area contributed by atoms with Gasteiger partial charge in [0.15, 0.2) is 5.17 Å². The Hall–Kier alpha value is -3.52. The molecule has 0 aliphatic carbocycles. The summed E-state index contributed by atoms with van der Waals surface area (Å²) in [6, 6.07) is 17.0. The minimum absolute atomic E-state index is 0.0461. The van der Waals surface area contributed by atoms with E-state index in [1.54, 1.807) is 0 Å². The first-order chi connectivity index (χ1) is 18.3. The van der Waals surface area contributed by atoms with E-state index in [1.807, 2.05) is 90.6 Å². The number of nitrogens with one attached hydrogen (secondary N) is 1. The number of benzene rings is 2. The highest BCUT2D eigenvalue weighted by Gasteiger charge is 2.41. The van der Waals surface area contributed by atoms with Crippen molar-refractivity contribution in [3.8, 4) is 11.5 Å². The van der Waals surface area contributed by atoms with Crippen LogP contribution in [0.3, 0.4) is 0 Å². The Labute approximate surface area is 229 Å². The molecule has 2 amide bonds. The van der Waals surface area contributed by atoms with E-state index in [2.05, 4.69) is 19.2 Å². The SMILES string of the molecule is CCN(CC)C(=O)C1=C(C)N=C2SC=C(CC(=O)NCC(C)C)N2[C@@H]1c1cccc(Oc2ccccc2)c1. The first-order valence-electron chi connectivity index (χ1n) is 13.2. The minimum Gasteiger partial charge on any atom is -0.457 e. The van der Waals surface area contributed by atoms with E-state index in [0.29, 0.717) is 42.6 Å². The molecule has 2 aromatic rings. The molecule has 1 N–H and O–H groups in total. The molecule has 200 valence electrons. The highest BCUT2D eigenvalue weighted by Crippen LogP contribution is 2.45. The predicted molar refractivity (Wildman–Crippen MR) is 154 cm³/mol. The number of allylic oxidation sites excluding steroid dienone is 1. The summed E-state index contributed by atoms with van der Waals surface area (Å²) in [6.07, 6.45) is 0.210. The van der Waals surface area contributed by atoms with E-state index in [1.165, 1.54) is 11.8 Å². The van der Waals surface area contributed by atoms with Crippen molar-refractivity contribution in [1.29, 1.82) is 0 Å². The molecule has 0 fully saturated rings. The van der Waals surface area contributed by atoms with Crippen LogP contribution in [0.2, 0.25) is 0 Å². The van der Waals surface area contributed by atoms with Gasteiger partial charge in [0.25, 0.3) is 5.91 Å². The highest BCUT2D eigenvalue weighted by molar-refractivity contribution is 8.16. The van der Waals surface area contributed by atoms with E-state index in [9.17, 15) is 9.59 Å². The fourth-order valence-corrected chi connectivity index (χ4v) is 5.52. The van der Waals surface area contributed by atoms with Crippen molar-refractivity contribution in [2.45, 2.75) is 47.1 Å². The number of fused-ring (bicyclic) bond motifs is 1. The number of carbonyl (C=O) groups excluding carboxylic acids is 2. The topological polar surface area (TPSA) is 74.2 Å². The fraction of sp³-hybridized carbons (Fsp3) is 0.367. The molecule has 7 nitrogen and oxygen atoms in total. The van der Waals surface area contributed by atoms with E-state index in [0.717, 1.165) is 22.2 Å². The number of likely N-dealkylation sites (N-methyl/N-ethyl adjacent to an activating group) is 1. The zero-order chi connectivity index (χ0) is 27.2. The Morgan fingerprint density at radius 1 is 1.08 bits per heavy atom. The number of rotatable bonds is 10. The number of amides is 2. The van der Waals surface area contributed by atoms with E-state index < -0.39 is 6.04 Å². The molecule has 4 rings (SSSR count). The van der Waals surface area contributed by atoms with Crippen LogP contribution in [0.1, 0.15) is 52.6 Å². The largest absolute Gasteiger partial charge is 0.457 e. The van der Waals surface area contributed by atoms with Crippen LogP contribution in [-0.2, 0) is 9.59 Å². The monoisotopic (exact) mass is 532 g/mol. The summed E-state index contributed by atoms with van der Waals surface area (Å²) in [4.78, 5) is 35.4. The van der Waals surface area contributed by atoms with E-state index in [-0.39, 0.29) is 18.2 Å². The third kappa shape index (κ3) is 6.13. The molecule has 0 aromatic heterocycles. The van der Waals surface area contributed by atoms with Gasteiger partial charge >= 0.3 is 0 Å². The van der Waals surface area contributed by atoms with Crippen molar-refractivity contribution in [2.75, 3.05) is 19.6 Å². The Morgan fingerprint density at radius 3 is 2.47 bits per heavy atom. The molecular formula is C30H36N4O3S. The third-order valence-corrected chi connectivity index (χ3v) is 7.37. The summed E-state index contributed by atoms with van der Waals surface area (Å²) in [5.74, 6) is 1.68. The molecular weight excluding hydrogens is 496 g/mol. The molecule has 2 aliphatic heterocycles. The lowest BCUT2D eigenvalue weighted by Crippen LogP contribution is -2.42. The number of thioether (sulfide) groups is 1. The van der Waals surface area contributed by atoms with E-state index >= 15 is 0 Å². The first kappa shape index (κ1) is 27.5. The Balaban J connectivity index is 1.74. The van der Waals surface area contributed by atoms with Crippen molar-refractivity contribution < 1.29 is 14.3 Å². The number of carbonyl (C=O) groups is 2. The minimum atomic E-state index is -0.436. The lowest BCUT2D eigenvalue weighted by molar-refractivity contribution is -0.127. The number of hydrogen-bond donors (Lipinski definition) is 1. The summed E-state index contributed by atoms with van der Waals surface area (Å²) < 4.78 is 6.14. The Kier molecular flexibility index (Phi) is 8.94. The zero-order valence-electron chi connectivity index (χ0n) is 22.7. The van der Waals surface area contributed by atoms with Gasteiger partial charge in [0, 0.05) is 25.3 Å². The second-order valence-electron chi connectivity index (χ2n) is 9.73. The Morgan fingerprint density at radius 2 is 1.79 bits per heavy atom. The maximum absolute atomic E-state index is 13.9. The van der Waals surface area contributed by atoms with Gasteiger partial charge in [-0.2, -0.15) is 0 Å². The fourth-order valence-electron chi connectivity index (χ4n) is 4.56. The molecule has 0 bridgehead atoms. The number of para-hydroxylation sites is 1. The van der Waals surface area contributed by atoms with Crippen molar-refractivity contribution in [1.82, 2.24) is 15.1 Å². The molecule has 0 unspecified atom stereocenters. The Bertz CT molecular complexity index is 1270. The smallest absolute Gasteiger partial charge is 0.254 e. The van der Waals surface area contributed by atoms with Crippen LogP contribution in [0.15, 0.2) is 82.0 Å². The van der Waals surface area contributed by atoms with Crippen LogP contribution in [0, 0.1) is 5.92 Å². The quantitative estimate of drug-likeness (QED) is 0.401. The lowest BCUT2D eigenvalue weighted by Gasteiger charge is -2.38. The van der Waals surface area contributed by atoms with Crippen LogP contribution in [0.5, 0.6) is 11.5 Å². The lowest BCUT2D eigenvalue weighted by atomic mass is 9.92. The molecule has 8 heteroatoms. The molecule has 0 radical (unpaired) electrons. The number of nitrogens with zero attached hydrogens (tertiary/aromatic N) is 3. The van der Waals surface area contributed by atoms with Gasteiger partial charge in [0.1, 0.15) is 11.5 Å². The van der Waals surface area contributed by atoms with Gasteiger partial charge in [-0.15, -0.1) is 0 Å². The summed E-state index contributed by atoms with van der Waals surface area (Å²) in [5.41, 5.74) is 3.03. The molecule has 38 heavy (non-hydrogen) atoms.